The molecule has 3 aromatic rings. The van der Waals surface area contributed by atoms with E-state index < -0.39 is 0 Å². The van der Waals surface area contributed by atoms with Gasteiger partial charge in [0.15, 0.2) is 0 Å². The summed E-state index contributed by atoms with van der Waals surface area (Å²) in [5, 5.41) is 9.19. The molecule has 146 valence electrons. The third-order valence-electron chi connectivity index (χ3n) is 4.83. The first kappa shape index (κ1) is 19.0. The van der Waals surface area contributed by atoms with Gasteiger partial charge >= 0.3 is 5.97 Å². The van der Waals surface area contributed by atoms with Crippen LogP contribution in [-0.4, -0.2) is 35.4 Å². The Bertz CT molecular complexity index is 998. The maximum Gasteiger partial charge on any atom is 0.310 e. The number of esters is 1. The van der Waals surface area contributed by atoms with Crippen molar-refractivity contribution in [2.75, 3.05) is 19.7 Å². The molecule has 4 rings (SSSR count). The van der Waals surface area contributed by atoms with Crippen LogP contribution < -0.4 is 10.1 Å². The van der Waals surface area contributed by atoms with Crippen LogP contribution in [0.1, 0.15) is 24.2 Å². The van der Waals surface area contributed by atoms with Crippen LogP contribution in [0.2, 0.25) is 0 Å². The van der Waals surface area contributed by atoms with E-state index in [1.54, 1.807) is 6.92 Å². The topological polar surface area (TPSA) is 65.4 Å². The maximum absolute atomic E-state index is 11.9. The molecule has 6 nitrogen and oxygen atoms in total. The SMILES string of the molecule is CCOC(=O)Cc1ccccc1OCc1nn(C2CNC2)c2ccc(Br)cc12. The first-order chi connectivity index (χ1) is 13.7. The number of hydrogen-bond acceptors (Lipinski definition) is 5. The summed E-state index contributed by atoms with van der Waals surface area (Å²) < 4.78 is 14.2. The number of para-hydroxylation sites is 1. The van der Waals surface area contributed by atoms with Crippen LogP contribution in [-0.2, 0) is 22.6 Å². The molecule has 0 spiro atoms. The minimum atomic E-state index is -0.255. The lowest BCUT2D eigenvalue weighted by molar-refractivity contribution is -0.142. The molecule has 0 atom stereocenters. The van der Waals surface area contributed by atoms with Crippen molar-refractivity contribution in [2.24, 2.45) is 0 Å². The zero-order chi connectivity index (χ0) is 19.5. The van der Waals surface area contributed by atoms with Gasteiger partial charge in [0.05, 0.1) is 24.6 Å². The molecule has 1 aliphatic rings. The van der Waals surface area contributed by atoms with E-state index >= 15 is 0 Å². The normalized spacial score (nSPS) is 14.1. The second-order valence-corrected chi connectivity index (χ2v) is 7.66. The number of rotatable bonds is 7. The van der Waals surface area contributed by atoms with Crippen molar-refractivity contribution in [2.45, 2.75) is 26.0 Å². The zero-order valence-corrected chi connectivity index (χ0v) is 17.2. The Balaban J connectivity index is 1.58. The number of fused-ring (bicyclic) bond motifs is 1. The minimum Gasteiger partial charge on any atom is -0.487 e. The van der Waals surface area contributed by atoms with E-state index in [1.807, 2.05) is 30.3 Å². The van der Waals surface area contributed by atoms with Crippen LogP contribution in [0.4, 0.5) is 0 Å². The molecule has 0 bridgehead atoms. The van der Waals surface area contributed by atoms with Gasteiger partial charge < -0.3 is 14.8 Å². The monoisotopic (exact) mass is 443 g/mol. The lowest BCUT2D eigenvalue weighted by atomic mass is 10.1. The Kier molecular flexibility index (Phi) is 5.64. The molecule has 2 heterocycles. The molecule has 2 aromatic carbocycles. The van der Waals surface area contributed by atoms with Crippen molar-refractivity contribution in [3.8, 4) is 5.75 Å². The third-order valence-corrected chi connectivity index (χ3v) is 5.32. The van der Waals surface area contributed by atoms with Gasteiger partial charge in [-0.15, -0.1) is 0 Å². The number of hydrogen-bond donors (Lipinski definition) is 1. The van der Waals surface area contributed by atoms with Crippen molar-refractivity contribution >= 4 is 32.8 Å². The standard InChI is InChI=1S/C21H22BrN3O3/c1-2-27-21(26)9-14-5-3-4-6-20(14)28-13-18-17-10-15(22)7-8-19(17)25(24-18)16-11-23-12-16/h3-8,10,16,23H,2,9,11-13H2,1H3. The summed E-state index contributed by atoms with van der Waals surface area (Å²) in [7, 11) is 0. The quantitative estimate of drug-likeness (QED) is 0.564. The molecular formula is C21H22BrN3O3. The highest BCUT2D eigenvalue weighted by atomic mass is 79.9. The van der Waals surface area contributed by atoms with E-state index in [4.69, 9.17) is 14.6 Å². The van der Waals surface area contributed by atoms with Crippen molar-refractivity contribution in [1.29, 1.82) is 0 Å². The Morgan fingerprint density at radius 1 is 1.29 bits per heavy atom. The van der Waals surface area contributed by atoms with Gasteiger partial charge in [-0.1, -0.05) is 34.1 Å². The summed E-state index contributed by atoms with van der Waals surface area (Å²) >= 11 is 3.55. The van der Waals surface area contributed by atoms with Crippen molar-refractivity contribution < 1.29 is 14.3 Å². The van der Waals surface area contributed by atoms with E-state index in [9.17, 15) is 4.79 Å². The van der Waals surface area contributed by atoms with Crippen LogP contribution in [0.5, 0.6) is 5.75 Å². The number of benzene rings is 2. The fourth-order valence-electron chi connectivity index (χ4n) is 3.31. The zero-order valence-electron chi connectivity index (χ0n) is 15.7. The predicted octanol–water partition coefficient (Wildman–Crippen LogP) is 3.63. The smallest absolute Gasteiger partial charge is 0.310 e. The summed E-state index contributed by atoms with van der Waals surface area (Å²) in [4.78, 5) is 11.9. The molecule has 7 heteroatoms. The average molecular weight is 444 g/mol. The van der Waals surface area contributed by atoms with Crippen LogP contribution in [0.15, 0.2) is 46.9 Å². The van der Waals surface area contributed by atoms with Crippen LogP contribution in [0.3, 0.4) is 0 Å². The van der Waals surface area contributed by atoms with Gasteiger partial charge in [-0.3, -0.25) is 9.48 Å². The van der Waals surface area contributed by atoms with Crippen LogP contribution >= 0.6 is 15.9 Å². The van der Waals surface area contributed by atoms with Gasteiger partial charge in [0.2, 0.25) is 0 Å². The van der Waals surface area contributed by atoms with Gasteiger partial charge in [-0.05, 0) is 31.2 Å². The summed E-state index contributed by atoms with van der Waals surface area (Å²) in [6.07, 6.45) is 0.193. The lowest BCUT2D eigenvalue weighted by Gasteiger charge is -2.28. The van der Waals surface area contributed by atoms with E-state index in [2.05, 4.69) is 38.1 Å². The number of halogens is 1. The summed E-state index contributed by atoms with van der Waals surface area (Å²) in [5.41, 5.74) is 2.80. The van der Waals surface area contributed by atoms with Crippen LogP contribution in [0, 0.1) is 0 Å². The molecule has 0 saturated carbocycles. The summed E-state index contributed by atoms with van der Waals surface area (Å²) in [5.74, 6) is 0.424. The molecule has 0 aliphatic carbocycles. The Morgan fingerprint density at radius 3 is 2.86 bits per heavy atom. The third kappa shape index (κ3) is 3.91. The van der Waals surface area contributed by atoms with Gasteiger partial charge in [-0.2, -0.15) is 5.10 Å². The Hall–Kier alpha value is -2.38. The first-order valence-corrected chi connectivity index (χ1v) is 10.2. The van der Waals surface area contributed by atoms with Crippen molar-refractivity contribution in [3.63, 3.8) is 0 Å². The van der Waals surface area contributed by atoms with Gasteiger partial charge in [0, 0.05) is 28.5 Å². The van der Waals surface area contributed by atoms with Crippen molar-refractivity contribution in [1.82, 2.24) is 15.1 Å². The highest BCUT2D eigenvalue weighted by Gasteiger charge is 2.23. The fraction of sp³-hybridized carbons (Fsp3) is 0.333. The number of carbonyl (C=O) groups is 1. The summed E-state index contributed by atoms with van der Waals surface area (Å²) in [6.45, 7) is 4.36. The number of carbonyl (C=O) groups excluding carboxylic acids is 1. The minimum absolute atomic E-state index is 0.193. The average Bonchev–Trinajstić information content (AvgIpc) is 2.97. The molecule has 1 aromatic heterocycles. The maximum atomic E-state index is 11.9. The lowest BCUT2D eigenvalue weighted by Crippen LogP contribution is -2.43. The highest BCUT2D eigenvalue weighted by molar-refractivity contribution is 9.10. The van der Waals surface area contributed by atoms with Crippen molar-refractivity contribution in [3.05, 3.63) is 58.2 Å². The van der Waals surface area contributed by atoms with E-state index in [0.29, 0.717) is 25.0 Å². The molecule has 0 amide bonds. The number of nitrogens with zero attached hydrogens (tertiary/aromatic N) is 2. The molecular weight excluding hydrogens is 422 g/mol. The Morgan fingerprint density at radius 2 is 2.11 bits per heavy atom. The number of ether oxygens (including phenoxy) is 2. The first-order valence-electron chi connectivity index (χ1n) is 9.39. The Labute approximate surface area is 171 Å². The largest absolute Gasteiger partial charge is 0.487 e. The number of nitrogens with one attached hydrogen (secondary N) is 1. The van der Waals surface area contributed by atoms with Gasteiger partial charge in [-0.25, -0.2) is 0 Å². The molecule has 1 saturated heterocycles. The number of aromatic nitrogens is 2. The fourth-order valence-corrected chi connectivity index (χ4v) is 3.67. The molecule has 1 aliphatic heterocycles. The molecule has 1 fully saturated rings. The van der Waals surface area contributed by atoms with Gasteiger partial charge in [0.25, 0.3) is 0 Å². The highest BCUT2D eigenvalue weighted by Crippen LogP contribution is 2.28. The molecule has 28 heavy (non-hydrogen) atoms. The second-order valence-electron chi connectivity index (χ2n) is 6.74. The molecule has 0 radical (unpaired) electrons. The molecule has 0 unspecified atom stereocenters. The molecule has 1 N–H and O–H groups in total. The van der Waals surface area contributed by atoms with Gasteiger partial charge in [0.1, 0.15) is 18.1 Å². The van der Waals surface area contributed by atoms with E-state index in [1.165, 1.54) is 0 Å². The van der Waals surface area contributed by atoms with E-state index in [0.717, 1.165) is 39.7 Å². The van der Waals surface area contributed by atoms with Crippen LogP contribution in [0.25, 0.3) is 10.9 Å². The summed E-state index contributed by atoms with van der Waals surface area (Å²) in [6, 6.07) is 14.1. The predicted molar refractivity (Wildman–Crippen MR) is 110 cm³/mol. The second kappa shape index (κ2) is 8.32. The van der Waals surface area contributed by atoms with E-state index in [-0.39, 0.29) is 12.4 Å².